The van der Waals surface area contributed by atoms with Gasteiger partial charge < -0.3 is 9.84 Å². The molecule has 66 valence electrons. The summed E-state index contributed by atoms with van der Waals surface area (Å²) in [6.45, 7) is 4.06. The van der Waals surface area contributed by atoms with Gasteiger partial charge in [-0.05, 0) is 6.42 Å². The SMILES string of the molecule is C1CO1.CCCCCC(=O)O. The maximum Gasteiger partial charge on any atom is 0.303 e. The van der Waals surface area contributed by atoms with Crippen LogP contribution in [-0.4, -0.2) is 24.3 Å². The van der Waals surface area contributed by atoms with Crippen molar-refractivity contribution >= 4 is 5.97 Å². The van der Waals surface area contributed by atoms with E-state index in [1.807, 2.05) is 0 Å². The molecule has 1 rings (SSSR count). The summed E-state index contributed by atoms with van der Waals surface area (Å²) in [6.07, 6.45) is 3.28. The van der Waals surface area contributed by atoms with Gasteiger partial charge in [0.15, 0.2) is 0 Å². The van der Waals surface area contributed by atoms with Crippen LogP contribution in [0.2, 0.25) is 0 Å². The minimum absolute atomic E-state index is 0.327. The largest absolute Gasteiger partial charge is 0.481 e. The summed E-state index contributed by atoms with van der Waals surface area (Å²) < 4.78 is 4.50. The van der Waals surface area contributed by atoms with Crippen molar-refractivity contribution in [2.75, 3.05) is 13.2 Å². The number of epoxide rings is 1. The Bertz CT molecular complexity index is 96.8. The van der Waals surface area contributed by atoms with Gasteiger partial charge in [0.1, 0.15) is 0 Å². The Hall–Kier alpha value is -0.570. The molecule has 1 fully saturated rings. The predicted molar refractivity (Wildman–Crippen MR) is 42.6 cm³/mol. The second-order valence-electron chi connectivity index (χ2n) is 2.46. The van der Waals surface area contributed by atoms with Crippen LogP contribution in [0.25, 0.3) is 0 Å². The molecule has 0 aliphatic carbocycles. The first-order valence-electron chi connectivity index (χ1n) is 4.07. The fourth-order valence-corrected chi connectivity index (χ4v) is 0.526. The van der Waals surface area contributed by atoms with Gasteiger partial charge in [0.2, 0.25) is 0 Å². The molecule has 3 heteroatoms. The fraction of sp³-hybridized carbons (Fsp3) is 0.875. The van der Waals surface area contributed by atoms with Crippen LogP contribution >= 0.6 is 0 Å². The first kappa shape index (κ1) is 10.4. The zero-order valence-electron chi connectivity index (χ0n) is 7.01. The van der Waals surface area contributed by atoms with Gasteiger partial charge in [0, 0.05) is 6.42 Å². The van der Waals surface area contributed by atoms with E-state index in [-0.39, 0.29) is 0 Å². The smallest absolute Gasteiger partial charge is 0.303 e. The number of carboxylic acid groups (broad SMARTS) is 1. The van der Waals surface area contributed by atoms with E-state index in [9.17, 15) is 4.79 Å². The molecule has 0 spiro atoms. The van der Waals surface area contributed by atoms with Gasteiger partial charge in [-0.3, -0.25) is 4.79 Å². The molecule has 0 bridgehead atoms. The van der Waals surface area contributed by atoms with Crippen molar-refractivity contribution in [3.8, 4) is 0 Å². The maximum atomic E-state index is 9.87. The van der Waals surface area contributed by atoms with Crippen LogP contribution in [-0.2, 0) is 9.53 Å². The summed E-state index contributed by atoms with van der Waals surface area (Å²) in [7, 11) is 0. The van der Waals surface area contributed by atoms with Gasteiger partial charge in [-0.15, -0.1) is 0 Å². The lowest BCUT2D eigenvalue weighted by Gasteiger charge is -1.89. The van der Waals surface area contributed by atoms with Crippen molar-refractivity contribution in [1.82, 2.24) is 0 Å². The van der Waals surface area contributed by atoms with Crippen LogP contribution in [0.4, 0.5) is 0 Å². The molecule has 1 saturated heterocycles. The van der Waals surface area contributed by atoms with Gasteiger partial charge in [-0.1, -0.05) is 19.8 Å². The highest BCUT2D eigenvalue weighted by atomic mass is 16.6. The van der Waals surface area contributed by atoms with Crippen molar-refractivity contribution in [2.45, 2.75) is 32.6 Å². The Morgan fingerprint density at radius 3 is 2.27 bits per heavy atom. The molecule has 1 aliphatic heterocycles. The van der Waals surface area contributed by atoms with Crippen molar-refractivity contribution in [3.05, 3.63) is 0 Å². The van der Waals surface area contributed by atoms with Gasteiger partial charge in [0.25, 0.3) is 0 Å². The molecule has 1 aliphatic rings. The molecule has 1 N–H and O–H groups in total. The second-order valence-corrected chi connectivity index (χ2v) is 2.46. The third-order valence-electron chi connectivity index (χ3n) is 1.20. The number of carboxylic acids is 1. The number of unbranched alkanes of at least 4 members (excludes halogenated alkanes) is 2. The highest BCUT2D eigenvalue weighted by Crippen LogP contribution is 1.97. The first-order valence-corrected chi connectivity index (χ1v) is 4.07. The second kappa shape index (κ2) is 7.54. The molecule has 0 atom stereocenters. The zero-order chi connectivity index (χ0) is 8.53. The van der Waals surface area contributed by atoms with Crippen LogP contribution < -0.4 is 0 Å². The first-order chi connectivity index (χ1) is 5.27. The van der Waals surface area contributed by atoms with Gasteiger partial charge in [-0.25, -0.2) is 0 Å². The van der Waals surface area contributed by atoms with Crippen LogP contribution in [0.15, 0.2) is 0 Å². The van der Waals surface area contributed by atoms with Crippen LogP contribution in [0.1, 0.15) is 32.6 Å². The van der Waals surface area contributed by atoms with Crippen molar-refractivity contribution in [3.63, 3.8) is 0 Å². The Balaban J connectivity index is 0.000000271. The van der Waals surface area contributed by atoms with E-state index in [1.54, 1.807) is 0 Å². The van der Waals surface area contributed by atoms with Crippen molar-refractivity contribution < 1.29 is 14.6 Å². The monoisotopic (exact) mass is 160 g/mol. The third-order valence-corrected chi connectivity index (χ3v) is 1.20. The summed E-state index contributed by atoms with van der Waals surface area (Å²) in [6, 6.07) is 0. The number of hydrogen-bond acceptors (Lipinski definition) is 2. The summed E-state index contributed by atoms with van der Waals surface area (Å²) in [5.41, 5.74) is 0. The molecule has 3 nitrogen and oxygen atoms in total. The van der Waals surface area contributed by atoms with Crippen LogP contribution in [0.3, 0.4) is 0 Å². The Morgan fingerprint density at radius 1 is 1.45 bits per heavy atom. The molecule has 0 amide bonds. The summed E-state index contributed by atoms with van der Waals surface area (Å²) in [5.74, 6) is -0.682. The molecule has 0 aromatic rings. The quantitative estimate of drug-likeness (QED) is 0.502. The normalized spacial score (nSPS) is 13.2. The van der Waals surface area contributed by atoms with Crippen molar-refractivity contribution in [2.24, 2.45) is 0 Å². The number of aliphatic carboxylic acids is 1. The predicted octanol–water partition coefficient (Wildman–Crippen LogP) is 1.67. The summed E-state index contributed by atoms with van der Waals surface area (Å²) >= 11 is 0. The fourth-order valence-electron chi connectivity index (χ4n) is 0.526. The number of ether oxygens (including phenoxy) is 1. The molecule has 0 saturated carbocycles. The number of rotatable bonds is 4. The van der Waals surface area contributed by atoms with E-state index in [0.29, 0.717) is 6.42 Å². The lowest BCUT2D eigenvalue weighted by Crippen LogP contribution is -1.92. The third kappa shape index (κ3) is 17.7. The van der Waals surface area contributed by atoms with Gasteiger partial charge in [0.05, 0.1) is 13.2 Å². The van der Waals surface area contributed by atoms with E-state index >= 15 is 0 Å². The topological polar surface area (TPSA) is 49.8 Å². The molecular formula is C8H16O3. The summed E-state index contributed by atoms with van der Waals surface area (Å²) in [5, 5.41) is 8.14. The molecule has 0 aromatic carbocycles. The highest BCUT2D eigenvalue weighted by Gasteiger charge is 1.94. The van der Waals surface area contributed by atoms with E-state index in [2.05, 4.69) is 11.7 Å². The molecular weight excluding hydrogens is 144 g/mol. The average molecular weight is 160 g/mol. The maximum absolute atomic E-state index is 9.87. The molecule has 11 heavy (non-hydrogen) atoms. The lowest BCUT2D eigenvalue weighted by molar-refractivity contribution is -0.137. The van der Waals surface area contributed by atoms with Crippen LogP contribution in [0, 0.1) is 0 Å². The van der Waals surface area contributed by atoms with Gasteiger partial charge in [-0.2, -0.15) is 0 Å². The van der Waals surface area contributed by atoms with E-state index in [0.717, 1.165) is 32.5 Å². The minimum atomic E-state index is -0.682. The minimum Gasteiger partial charge on any atom is -0.481 e. The molecule has 1 heterocycles. The van der Waals surface area contributed by atoms with Gasteiger partial charge >= 0.3 is 5.97 Å². The zero-order valence-corrected chi connectivity index (χ0v) is 7.01. The number of carbonyl (C=O) groups is 1. The van der Waals surface area contributed by atoms with E-state index < -0.39 is 5.97 Å². The molecule has 0 radical (unpaired) electrons. The Morgan fingerprint density at radius 2 is 2.00 bits per heavy atom. The van der Waals surface area contributed by atoms with Crippen molar-refractivity contribution in [1.29, 1.82) is 0 Å². The molecule has 0 aromatic heterocycles. The molecule has 0 unspecified atom stereocenters. The van der Waals surface area contributed by atoms with E-state index in [4.69, 9.17) is 5.11 Å². The average Bonchev–Trinajstić information content (AvgIpc) is 2.71. The Labute approximate surface area is 67.4 Å². The summed E-state index contributed by atoms with van der Waals surface area (Å²) in [4.78, 5) is 9.87. The lowest BCUT2D eigenvalue weighted by atomic mass is 10.2. The standard InChI is InChI=1S/C6H12O2.C2H4O/c1-2-3-4-5-6(7)8;1-2-3-1/h2-5H2,1H3,(H,7,8);1-2H2. The van der Waals surface area contributed by atoms with Crippen LogP contribution in [0.5, 0.6) is 0 Å². The van der Waals surface area contributed by atoms with E-state index in [1.165, 1.54) is 0 Å². The highest BCUT2D eigenvalue weighted by molar-refractivity contribution is 5.66. The Kier molecular flexibility index (Phi) is 7.15. The number of hydrogen-bond donors (Lipinski definition) is 1.